The average molecular weight is 293 g/mol. The fourth-order valence-electron chi connectivity index (χ4n) is 1.54. The molecule has 5 nitrogen and oxygen atoms in total. The molecule has 0 saturated heterocycles. The average Bonchev–Trinajstić information content (AvgIpc) is 2.42. The van der Waals surface area contributed by atoms with Crippen molar-refractivity contribution in [3.63, 3.8) is 0 Å². The van der Waals surface area contributed by atoms with Crippen molar-refractivity contribution in [1.82, 2.24) is 4.57 Å². The number of ether oxygens (including phenoxy) is 1. The summed E-state index contributed by atoms with van der Waals surface area (Å²) in [5.41, 5.74) is 0.400. The molecular weight excluding hydrogens is 280 g/mol. The standard InChI is InChI=1S/C14H13ClN2O3/c1-17-8-11(4-7-14(17)19)16-13(18)9-20-12-5-2-10(15)3-6-12/h2-8H,9H2,1H3,(H,16,18). The predicted molar refractivity (Wildman–Crippen MR) is 77.3 cm³/mol. The Morgan fingerprint density at radius 2 is 1.95 bits per heavy atom. The number of benzene rings is 1. The Bertz CT molecular complexity index is 665. The molecular formula is C14H13ClN2O3. The van der Waals surface area contributed by atoms with Crippen LogP contribution in [-0.2, 0) is 11.8 Å². The third kappa shape index (κ3) is 3.86. The van der Waals surface area contributed by atoms with Gasteiger partial charge in [0.05, 0.1) is 5.69 Å². The van der Waals surface area contributed by atoms with E-state index in [9.17, 15) is 9.59 Å². The Morgan fingerprint density at radius 3 is 2.60 bits per heavy atom. The molecule has 2 rings (SSSR count). The van der Waals surface area contributed by atoms with Gasteiger partial charge in [-0.25, -0.2) is 0 Å². The molecule has 0 aliphatic rings. The van der Waals surface area contributed by atoms with Gasteiger partial charge in [0, 0.05) is 24.3 Å². The summed E-state index contributed by atoms with van der Waals surface area (Å²) >= 11 is 5.75. The van der Waals surface area contributed by atoms with Crippen LogP contribution in [0.4, 0.5) is 5.69 Å². The highest BCUT2D eigenvalue weighted by molar-refractivity contribution is 6.30. The topological polar surface area (TPSA) is 60.3 Å². The van der Waals surface area contributed by atoms with Crippen LogP contribution in [0.25, 0.3) is 0 Å². The van der Waals surface area contributed by atoms with Gasteiger partial charge in [-0.15, -0.1) is 0 Å². The van der Waals surface area contributed by atoms with Crippen molar-refractivity contribution in [3.8, 4) is 5.75 Å². The minimum Gasteiger partial charge on any atom is -0.484 e. The van der Waals surface area contributed by atoms with Crippen LogP contribution in [0.3, 0.4) is 0 Å². The maximum atomic E-state index is 11.7. The first-order valence-electron chi connectivity index (χ1n) is 5.89. The molecule has 0 fully saturated rings. The van der Waals surface area contributed by atoms with Gasteiger partial charge in [-0.1, -0.05) is 11.6 Å². The van der Waals surface area contributed by atoms with Crippen LogP contribution in [0.2, 0.25) is 5.02 Å². The second-order valence-corrected chi connectivity index (χ2v) is 4.59. The number of nitrogens with one attached hydrogen (secondary N) is 1. The van der Waals surface area contributed by atoms with Crippen LogP contribution < -0.4 is 15.6 Å². The van der Waals surface area contributed by atoms with E-state index in [0.29, 0.717) is 16.5 Å². The van der Waals surface area contributed by atoms with E-state index in [1.54, 1.807) is 43.6 Å². The number of nitrogens with zero attached hydrogens (tertiary/aromatic N) is 1. The first-order valence-corrected chi connectivity index (χ1v) is 6.27. The number of hydrogen-bond donors (Lipinski definition) is 1. The number of rotatable bonds is 4. The van der Waals surface area contributed by atoms with Crippen molar-refractivity contribution in [2.24, 2.45) is 7.05 Å². The number of aromatic nitrogens is 1. The van der Waals surface area contributed by atoms with E-state index in [-0.39, 0.29) is 18.1 Å². The zero-order chi connectivity index (χ0) is 14.5. The maximum absolute atomic E-state index is 11.7. The van der Waals surface area contributed by atoms with Gasteiger partial charge in [-0.2, -0.15) is 0 Å². The Balaban J connectivity index is 1.90. The summed E-state index contributed by atoms with van der Waals surface area (Å²) in [5, 5.41) is 3.25. The molecule has 1 heterocycles. The normalized spacial score (nSPS) is 10.1. The molecule has 1 aromatic carbocycles. The van der Waals surface area contributed by atoms with E-state index < -0.39 is 0 Å². The van der Waals surface area contributed by atoms with E-state index in [1.807, 2.05) is 0 Å². The highest BCUT2D eigenvalue weighted by Crippen LogP contribution is 2.15. The first kappa shape index (κ1) is 14.1. The third-order valence-corrected chi connectivity index (χ3v) is 2.81. The van der Waals surface area contributed by atoms with E-state index >= 15 is 0 Å². The summed E-state index contributed by atoms with van der Waals surface area (Å²) < 4.78 is 6.69. The van der Waals surface area contributed by atoms with Crippen LogP contribution >= 0.6 is 11.6 Å². The van der Waals surface area contributed by atoms with Gasteiger partial charge in [0.15, 0.2) is 6.61 Å². The lowest BCUT2D eigenvalue weighted by molar-refractivity contribution is -0.118. The van der Waals surface area contributed by atoms with E-state index in [2.05, 4.69) is 5.32 Å². The summed E-state index contributed by atoms with van der Waals surface area (Å²) in [4.78, 5) is 22.9. The quantitative estimate of drug-likeness (QED) is 0.938. The van der Waals surface area contributed by atoms with Crippen molar-refractivity contribution in [2.45, 2.75) is 0 Å². The molecule has 2 aromatic rings. The van der Waals surface area contributed by atoms with Crippen LogP contribution in [0.5, 0.6) is 5.75 Å². The molecule has 6 heteroatoms. The first-order chi connectivity index (χ1) is 9.54. The molecule has 1 N–H and O–H groups in total. The molecule has 1 amide bonds. The molecule has 0 atom stereocenters. The minimum absolute atomic E-state index is 0.121. The Morgan fingerprint density at radius 1 is 1.25 bits per heavy atom. The van der Waals surface area contributed by atoms with Gasteiger partial charge in [0.2, 0.25) is 5.56 Å². The predicted octanol–water partition coefficient (Wildman–Crippen LogP) is 2.06. The fourth-order valence-corrected chi connectivity index (χ4v) is 1.67. The molecule has 104 valence electrons. The molecule has 0 saturated carbocycles. The number of halogens is 1. The van der Waals surface area contributed by atoms with Crippen molar-refractivity contribution in [1.29, 1.82) is 0 Å². The molecule has 0 bridgehead atoms. The third-order valence-electron chi connectivity index (χ3n) is 2.55. The number of carbonyl (C=O) groups is 1. The maximum Gasteiger partial charge on any atom is 0.262 e. The highest BCUT2D eigenvalue weighted by Gasteiger charge is 2.04. The van der Waals surface area contributed by atoms with Gasteiger partial charge in [-0.05, 0) is 30.3 Å². The molecule has 0 aliphatic carbocycles. The van der Waals surface area contributed by atoms with Crippen LogP contribution in [0.15, 0.2) is 47.4 Å². The molecule has 0 spiro atoms. The second kappa shape index (κ2) is 6.25. The molecule has 0 radical (unpaired) electrons. The van der Waals surface area contributed by atoms with E-state index in [4.69, 9.17) is 16.3 Å². The van der Waals surface area contributed by atoms with Gasteiger partial charge in [0.25, 0.3) is 5.91 Å². The number of aryl methyl sites for hydroxylation is 1. The Hall–Kier alpha value is -2.27. The smallest absolute Gasteiger partial charge is 0.262 e. The van der Waals surface area contributed by atoms with Crippen molar-refractivity contribution in [2.75, 3.05) is 11.9 Å². The largest absolute Gasteiger partial charge is 0.484 e. The Labute approximate surface area is 120 Å². The van der Waals surface area contributed by atoms with Gasteiger partial charge >= 0.3 is 0 Å². The number of amides is 1. The molecule has 0 unspecified atom stereocenters. The SMILES string of the molecule is Cn1cc(NC(=O)COc2ccc(Cl)cc2)ccc1=O. The summed E-state index contributed by atoms with van der Waals surface area (Å²) in [5.74, 6) is 0.253. The lowest BCUT2D eigenvalue weighted by atomic mass is 10.3. The van der Waals surface area contributed by atoms with Crippen LogP contribution in [-0.4, -0.2) is 17.1 Å². The van der Waals surface area contributed by atoms with E-state index in [1.165, 1.54) is 10.6 Å². The second-order valence-electron chi connectivity index (χ2n) is 4.16. The lowest BCUT2D eigenvalue weighted by Crippen LogP contribution is -2.22. The summed E-state index contributed by atoms with van der Waals surface area (Å²) in [6.45, 7) is -0.121. The number of carbonyl (C=O) groups excluding carboxylic acids is 1. The van der Waals surface area contributed by atoms with Gasteiger partial charge in [0.1, 0.15) is 5.75 Å². The van der Waals surface area contributed by atoms with E-state index in [0.717, 1.165) is 0 Å². The summed E-state index contributed by atoms with van der Waals surface area (Å²) in [6.07, 6.45) is 1.54. The highest BCUT2D eigenvalue weighted by atomic mass is 35.5. The Kier molecular flexibility index (Phi) is 4.42. The summed E-state index contributed by atoms with van der Waals surface area (Å²) in [7, 11) is 1.61. The zero-order valence-corrected chi connectivity index (χ0v) is 11.6. The molecule has 1 aromatic heterocycles. The molecule has 0 aliphatic heterocycles. The van der Waals surface area contributed by atoms with Crippen LogP contribution in [0.1, 0.15) is 0 Å². The minimum atomic E-state index is -0.307. The van der Waals surface area contributed by atoms with Gasteiger partial charge in [-0.3, -0.25) is 9.59 Å². The van der Waals surface area contributed by atoms with Crippen molar-refractivity contribution < 1.29 is 9.53 Å². The van der Waals surface area contributed by atoms with Crippen LogP contribution in [0, 0.1) is 0 Å². The lowest BCUT2D eigenvalue weighted by Gasteiger charge is -2.08. The number of hydrogen-bond acceptors (Lipinski definition) is 3. The summed E-state index contributed by atoms with van der Waals surface area (Å²) in [6, 6.07) is 9.66. The van der Waals surface area contributed by atoms with Crippen molar-refractivity contribution in [3.05, 3.63) is 58.0 Å². The fraction of sp³-hybridized carbons (Fsp3) is 0.143. The molecule has 20 heavy (non-hydrogen) atoms. The zero-order valence-electron chi connectivity index (χ0n) is 10.8. The van der Waals surface area contributed by atoms with Gasteiger partial charge < -0.3 is 14.6 Å². The van der Waals surface area contributed by atoms with Crippen molar-refractivity contribution >= 4 is 23.2 Å². The number of anilines is 1. The number of pyridine rings is 1. The monoisotopic (exact) mass is 292 g/mol.